The molecule has 8 nitrogen and oxygen atoms in total. The van der Waals surface area contributed by atoms with E-state index < -0.39 is 6.36 Å². The van der Waals surface area contributed by atoms with Crippen LogP contribution in [0, 0.1) is 0 Å². The summed E-state index contributed by atoms with van der Waals surface area (Å²) in [4.78, 5) is 16.6. The highest BCUT2D eigenvalue weighted by atomic mass is 19.4. The molecule has 11 heteroatoms. The number of halogens is 3. The normalized spacial score (nSPS) is 11.4. The maximum absolute atomic E-state index is 12.4. The summed E-state index contributed by atoms with van der Waals surface area (Å²) in [5.74, 6) is 0.515. The zero-order valence-electron chi connectivity index (χ0n) is 17.5. The third kappa shape index (κ3) is 5.81. The van der Waals surface area contributed by atoms with Gasteiger partial charge >= 0.3 is 6.36 Å². The first-order valence-electron chi connectivity index (χ1n) is 10.0. The van der Waals surface area contributed by atoms with E-state index in [-0.39, 0.29) is 42.8 Å². The Labute approximate surface area is 190 Å². The molecule has 2 aromatic carbocycles. The molecule has 4 rings (SSSR count). The molecule has 34 heavy (non-hydrogen) atoms. The van der Waals surface area contributed by atoms with Crippen molar-refractivity contribution in [2.45, 2.75) is 12.9 Å². The second-order valence-electron chi connectivity index (χ2n) is 7.10. The van der Waals surface area contributed by atoms with E-state index in [2.05, 4.69) is 14.9 Å². The minimum Gasteiger partial charge on any atom is -0.491 e. The average molecular weight is 473 g/mol. The molecule has 0 amide bonds. The van der Waals surface area contributed by atoms with E-state index in [1.807, 2.05) is 6.07 Å². The molecule has 0 aliphatic rings. The maximum Gasteiger partial charge on any atom is 0.573 e. The number of aliphatic hydroxyl groups is 1. The van der Waals surface area contributed by atoms with E-state index in [1.54, 1.807) is 24.4 Å². The number of pyridine rings is 1. The summed E-state index contributed by atoms with van der Waals surface area (Å²) >= 11 is 0. The summed E-state index contributed by atoms with van der Waals surface area (Å²) in [5, 5.41) is 12.8. The van der Waals surface area contributed by atoms with Gasteiger partial charge in [0.25, 0.3) is 11.4 Å². The topological polar surface area (TPSA) is 99.6 Å². The Morgan fingerprint density at radius 2 is 1.76 bits per heavy atom. The van der Waals surface area contributed by atoms with E-state index in [0.29, 0.717) is 16.9 Å². The Morgan fingerprint density at radius 1 is 1.00 bits per heavy atom. The van der Waals surface area contributed by atoms with Crippen LogP contribution in [0.25, 0.3) is 22.8 Å². The Balaban J connectivity index is 1.53. The predicted molar refractivity (Wildman–Crippen MR) is 114 cm³/mol. The highest BCUT2D eigenvalue weighted by Gasteiger charge is 2.31. The van der Waals surface area contributed by atoms with Crippen LogP contribution in [0.4, 0.5) is 13.2 Å². The third-order valence-corrected chi connectivity index (χ3v) is 4.61. The van der Waals surface area contributed by atoms with E-state index in [0.717, 1.165) is 17.7 Å². The van der Waals surface area contributed by atoms with Gasteiger partial charge in [0.2, 0.25) is 5.82 Å². The lowest BCUT2D eigenvalue weighted by Gasteiger charge is -2.09. The van der Waals surface area contributed by atoms with Gasteiger partial charge in [-0.1, -0.05) is 17.3 Å². The van der Waals surface area contributed by atoms with Crippen LogP contribution in [-0.4, -0.2) is 39.4 Å². The van der Waals surface area contributed by atoms with Crippen molar-refractivity contribution in [1.82, 2.24) is 14.7 Å². The smallest absolute Gasteiger partial charge is 0.491 e. The van der Waals surface area contributed by atoms with Crippen molar-refractivity contribution in [1.29, 1.82) is 0 Å². The number of hydrogen-bond acceptors (Lipinski definition) is 7. The number of rotatable bonds is 8. The van der Waals surface area contributed by atoms with Gasteiger partial charge < -0.3 is 23.7 Å². The number of benzene rings is 2. The van der Waals surface area contributed by atoms with Crippen molar-refractivity contribution < 1.29 is 32.3 Å². The molecular weight excluding hydrogens is 455 g/mol. The van der Waals surface area contributed by atoms with Crippen LogP contribution in [0.3, 0.4) is 0 Å². The van der Waals surface area contributed by atoms with Gasteiger partial charge in [-0.3, -0.25) is 4.79 Å². The average Bonchev–Trinajstić information content (AvgIpc) is 3.29. The molecule has 4 aromatic rings. The van der Waals surface area contributed by atoms with E-state index in [1.165, 1.54) is 28.8 Å². The second kappa shape index (κ2) is 9.79. The first-order chi connectivity index (χ1) is 16.3. The molecule has 0 saturated heterocycles. The van der Waals surface area contributed by atoms with Crippen molar-refractivity contribution in [2.24, 2.45) is 0 Å². The van der Waals surface area contributed by atoms with Crippen molar-refractivity contribution in [3.05, 3.63) is 82.8 Å². The molecular formula is C23H18F3N3O5. The first kappa shape index (κ1) is 23.1. The van der Waals surface area contributed by atoms with Crippen LogP contribution in [0.2, 0.25) is 0 Å². The minimum absolute atomic E-state index is 0.108. The van der Waals surface area contributed by atoms with Gasteiger partial charge in [0.15, 0.2) is 0 Å². The fourth-order valence-electron chi connectivity index (χ4n) is 3.14. The van der Waals surface area contributed by atoms with E-state index in [9.17, 15) is 18.0 Å². The summed E-state index contributed by atoms with van der Waals surface area (Å²) in [6, 6.07) is 15.1. The van der Waals surface area contributed by atoms with Gasteiger partial charge in [-0.2, -0.15) is 4.98 Å². The Morgan fingerprint density at radius 3 is 2.50 bits per heavy atom. The fourth-order valence-corrected chi connectivity index (χ4v) is 3.14. The maximum atomic E-state index is 12.4. The molecule has 0 fully saturated rings. The van der Waals surface area contributed by atoms with E-state index in [4.69, 9.17) is 14.4 Å². The van der Waals surface area contributed by atoms with Gasteiger partial charge in [-0.05, 0) is 48.0 Å². The third-order valence-electron chi connectivity index (χ3n) is 4.61. The van der Waals surface area contributed by atoms with Crippen LogP contribution in [-0.2, 0) is 6.54 Å². The van der Waals surface area contributed by atoms with Crippen LogP contribution in [0.1, 0.15) is 5.56 Å². The Bertz CT molecular complexity index is 1320. The molecule has 0 unspecified atom stereocenters. The summed E-state index contributed by atoms with van der Waals surface area (Å²) in [6.07, 6.45) is -3.21. The number of alkyl halides is 3. The Kier molecular flexibility index (Phi) is 6.64. The summed E-state index contributed by atoms with van der Waals surface area (Å²) in [7, 11) is 0. The zero-order chi connectivity index (χ0) is 24.1. The standard InChI is InChI=1S/C23H18F3N3O5/c24-23(25,26)33-18-7-4-16(5-8-18)21-27-22(34-28-21)17-6-9-20(31)29(14-17)13-15-2-1-3-19(12-15)32-11-10-30/h1-9,12,14,30H,10-11,13H2. The number of ether oxygens (including phenoxy) is 2. The largest absolute Gasteiger partial charge is 0.573 e. The monoisotopic (exact) mass is 473 g/mol. The van der Waals surface area contributed by atoms with Gasteiger partial charge in [0.05, 0.1) is 18.7 Å². The van der Waals surface area contributed by atoms with Crippen LogP contribution in [0.5, 0.6) is 11.5 Å². The molecule has 176 valence electrons. The summed E-state index contributed by atoms with van der Waals surface area (Å²) in [6.45, 7) is 0.310. The molecule has 1 N–H and O–H groups in total. The van der Waals surface area contributed by atoms with Gasteiger partial charge in [0, 0.05) is 17.8 Å². The number of hydrogen-bond donors (Lipinski definition) is 1. The first-order valence-corrected chi connectivity index (χ1v) is 10.0. The van der Waals surface area contributed by atoms with Crippen molar-refractivity contribution in [2.75, 3.05) is 13.2 Å². The Hall–Kier alpha value is -4.12. The zero-order valence-corrected chi connectivity index (χ0v) is 17.5. The lowest BCUT2D eigenvalue weighted by atomic mass is 10.2. The molecule has 0 radical (unpaired) electrons. The number of nitrogens with zero attached hydrogens (tertiary/aromatic N) is 3. The lowest BCUT2D eigenvalue weighted by molar-refractivity contribution is -0.274. The lowest BCUT2D eigenvalue weighted by Crippen LogP contribution is -2.19. The van der Waals surface area contributed by atoms with Crippen LogP contribution < -0.4 is 15.0 Å². The molecule has 2 heterocycles. The van der Waals surface area contributed by atoms with Crippen molar-refractivity contribution in [3.8, 4) is 34.3 Å². The van der Waals surface area contributed by atoms with Crippen molar-refractivity contribution >= 4 is 0 Å². The molecule has 0 aliphatic carbocycles. The van der Waals surface area contributed by atoms with Crippen LogP contribution >= 0.6 is 0 Å². The SMILES string of the molecule is O=c1ccc(-c2nc(-c3ccc(OC(F)(F)F)cc3)no2)cn1Cc1cccc(OCCO)c1. The summed E-state index contributed by atoms with van der Waals surface area (Å²) < 4.78 is 53.0. The molecule has 0 aliphatic heterocycles. The van der Waals surface area contributed by atoms with Crippen molar-refractivity contribution in [3.63, 3.8) is 0 Å². The van der Waals surface area contributed by atoms with Gasteiger partial charge in [-0.25, -0.2) is 0 Å². The molecule has 0 bridgehead atoms. The van der Waals surface area contributed by atoms with Gasteiger partial charge in [-0.15, -0.1) is 13.2 Å². The molecule has 0 atom stereocenters. The van der Waals surface area contributed by atoms with Gasteiger partial charge in [0.1, 0.15) is 18.1 Å². The highest BCUT2D eigenvalue weighted by Crippen LogP contribution is 2.27. The molecule has 0 saturated carbocycles. The fraction of sp³-hybridized carbons (Fsp3) is 0.174. The van der Waals surface area contributed by atoms with E-state index >= 15 is 0 Å². The second-order valence-corrected chi connectivity index (χ2v) is 7.10. The highest BCUT2D eigenvalue weighted by molar-refractivity contribution is 5.60. The van der Waals surface area contributed by atoms with Crippen LogP contribution in [0.15, 0.2) is 76.2 Å². The minimum atomic E-state index is -4.78. The number of aliphatic hydroxyl groups excluding tert-OH is 1. The molecule has 2 aromatic heterocycles. The number of aromatic nitrogens is 3. The quantitative estimate of drug-likeness (QED) is 0.415. The predicted octanol–water partition coefficient (Wildman–Crippen LogP) is 3.88. The molecule has 0 spiro atoms. The summed E-state index contributed by atoms with van der Waals surface area (Å²) in [5.41, 5.74) is 1.48.